The lowest BCUT2D eigenvalue weighted by Crippen LogP contribution is -1.79. The maximum atomic E-state index is 4.56. The highest BCUT2D eigenvalue weighted by atomic mass is 31.0. The third-order valence-corrected chi connectivity index (χ3v) is 1.53. The average Bonchev–Trinajstić information content (AvgIpc) is 2.95. The predicted octanol–water partition coefficient (Wildman–Crippen LogP) is 13.1. The molecule has 14 heteroatoms. The molecule has 8 nitrogen and oxygen atoms in total. The second-order valence-electron chi connectivity index (χ2n) is 5.45. The van der Waals surface area contributed by atoms with Crippen molar-refractivity contribution >= 4 is 41.3 Å². The highest BCUT2D eigenvalue weighted by molar-refractivity contribution is 7.23. The van der Waals surface area contributed by atoms with Crippen molar-refractivity contribution < 1.29 is 38.2 Å². The van der Waals surface area contributed by atoms with Crippen LogP contribution in [0.15, 0.2) is 20.6 Å². The third-order valence-electron chi connectivity index (χ3n) is 1.24. The largest absolute Gasteiger partial charge is 0.399 e. The lowest BCUT2D eigenvalue weighted by Gasteiger charge is -1.83. The Labute approximate surface area is 305 Å². The first-order chi connectivity index (χ1) is 19.4. The first-order valence-electron chi connectivity index (χ1n) is 13.9. The second kappa shape index (κ2) is 200. The molecule has 0 radical (unpaired) electrons. The molecule has 308 valence electrons. The van der Waals surface area contributed by atoms with E-state index in [2.05, 4.69) is 82.1 Å². The van der Waals surface area contributed by atoms with Crippen molar-refractivity contribution in [3.05, 3.63) is 0 Å². The van der Waals surface area contributed by atoms with Crippen molar-refractivity contribution in [3.8, 4) is 23.7 Å². The fourth-order valence-corrected chi connectivity index (χ4v) is 0.730. The first kappa shape index (κ1) is 119. The molecule has 0 aliphatic heterocycles. The number of hydrogen-bond acceptors (Lipinski definition) is 8. The van der Waals surface area contributed by atoms with Crippen molar-refractivity contribution in [2.75, 3.05) is 28.4 Å². The Bertz CT molecular complexity index is 506. The summed E-state index contributed by atoms with van der Waals surface area (Å²) in [5.74, 6) is 2.64. The summed E-state index contributed by atoms with van der Waals surface area (Å²) in [7, 11) is 10.5. The summed E-state index contributed by atoms with van der Waals surface area (Å²) in [6.45, 7) is 36.8. The van der Waals surface area contributed by atoms with Crippen LogP contribution in [0.4, 0.5) is 18.8 Å². The lowest BCUT2D eigenvalue weighted by atomic mass is 10.5. The van der Waals surface area contributed by atoms with Crippen LogP contribution < -0.4 is 0 Å². The van der Waals surface area contributed by atoms with Gasteiger partial charge in [-0.1, -0.05) is 142 Å². The zero-order chi connectivity index (χ0) is 36.1. The Morgan fingerprint density at radius 3 is 0.521 bits per heavy atom. The number of rotatable bonds is 4. The minimum atomic E-state index is 0. The number of nitrogens with zero attached hydrogens (tertiary/aromatic N) is 4. The second-order valence-corrected chi connectivity index (χ2v) is 6.07. The summed E-state index contributed by atoms with van der Waals surface area (Å²) < 4.78 is 0. The standard InChI is InChI=1S/4C4H9NO.C3H5P.C2H3P.5C2H6.3CH4.4FH/c4*1-4(2)5-6-3;1-2-3-4;1-2-3;5*1-2;;;;;;;/h4*1-3H3;4H2,1H3;1H,3H2;5*1-2H3;3*1H4;4*1H. The van der Waals surface area contributed by atoms with Gasteiger partial charge >= 0.3 is 0 Å². The van der Waals surface area contributed by atoms with Gasteiger partial charge in [-0.2, -0.15) is 0 Å². The van der Waals surface area contributed by atoms with E-state index in [1.165, 1.54) is 28.4 Å². The summed E-state index contributed by atoms with van der Waals surface area (Å²) in [4.78, 5) is 17.6. The van der Waals surface area contributed by atoms with Gasteiger partial charge in [0.05, 0.1) is 22.8 Å². The Balaban J connectivity index is -0.0000000131. The van der Waals surface area contributed by atoms with Crippen LogP contribution in [0.3, 0.4) is 0 Å². The highest BCUT2D eigenvalue weighted by Gasteiger charge is 1.70. The molecule has 0 rings (SSSR count). The molecule has 0 aliphatic rings. The van der Waals surface area contributed by atoms with Gasteiger partial charge in [-0.15, -0.1) is 12.3 Å². The van der Waals surface area contributed by atoms with E-state index in [0.717, 1.165) is 22.8 Å². The summed E-state index contributed by atoms with van der Waals surface area (Å²) in [5.41, 5.74) is 8.53. The fraction of sp³-hybridized carbons (Fsp3) is 0.765. The van der Waals surface area contributed by atoms with Gasteiger partial charge in [-0.05, 0) is 62.3 Å². The van der Waals surface area contributed by atoms with E-state index in [-0.39, 0.29) is 41.1 Å². The molecule has 0 N–H and O–H groups in total. The van der Waals surface area contributed by atoms with Crippen molar-refractivity contribution in [2.45, 2.75) is 154 Å². The van der Waals surface area contributed by atoms with Crippen LogP contribution in [0.2, 0.25) is 0 Å². The van der Waals surface area contributed by atoms with E-state index in [0.29, 0.717) is 0 Å². The molecule has 0 spiro atoms. The van der Waals surface area contributed by atoms with Gasteiger partial charge in [0.25, 0.3) is 0 Å². The zero-order valence-electron chi connectivity index (χ0n) is 33.3. The Hall–Kier alpha value is -2.42. The smallest absolute Gasteiger partial charge is 0.106 e. The normalized spacial score (nSPS) is 4.67. The van der Waals surface area contributed by atoms with Crippen molar-refractivity contribution in [1.82, 2.24) is 0 Å². The topological polar surface area (TPSA) is 86.4 Å². The van der Waals surface area contributed by atoms with Crippen LogP contribution in [0.25, 0.3) is 0 Å². The molecule has 0 aromatic heterocycles. The molecule has 48 heavy (non-hydrogen) atoms. The molecule has 0 aromatic carbocycles. The zero-order valence-corrected chi connectivity index (χ0v) is 35.6. The Morgan fingerprint density at radius 1 is 0.438 bits per heavy atom. The number of halogens is 4. The predicted molar refractivity (Wildman–Crippen MR) is 232 cm³/mol. The molecule has 0 saturated heterocycles. The quantitative estimate of drug-likeness (QED) is 0.0939. The molecule has 0 aliphatic carbocycles. The lowest BCUT2D eigenvalue weighted by molar-refractivity contribution is 0.213. The van der Waals surface area contributed by atoms with Crippen LogP contribution in [-0.4, -0.2) is 51.3 Å². The summed E-state index contributed by atoms with van der Waals surface area (Å²) >= 11 is 0. The number of hydrogen-bond donors (Lipinski definition) is 0. The van der Waals surface area contributed by atoms with Gasteiger partial charge in [0.1, 0.15) is 28.4 Å². The number of terminal acetylenes is 1. The average molecular weight is 757 g/mol. The molecule has 0 aromatic rings. The first-order valence-corrected chi connectivity index (χ1v) is 15.0. The van der Waals surface area contributed by atoms with E-state index >= 15 is 0 Å². The van der Waals surface area contributed by atoms with Crippen molar-refractivity contribution in [1.29, 1.82) is 0 Å². The van der Waals surface area contributed by atoms with E-state index in [9.17, 15) is 0 Å². The molecular formula is C34H90F4N4O4P2. The Kier molecular flexibility index (Phi) is 496. The summed E-state index contributed by atoms with van der Waals surface area (Å²) in [6, 6.07) is 0. The fourth-order valence-electron chi connectivity index (χ4n) is 0.730. The van der Waals surface area contributed by atoms with E-state index in [4.69, 9.17) is 0 Å². The van der Waals surface area contributed by atoms with Crippen LogP contribution in [0.1, 0.15) is 154 Å². The van der Waals surface area contributed by atoms with Crippen LogP contribution in [0.5, 0.6) is 0 Å². The minimum absolute atomic E-state index is 0. The van der Waals surface area contributed by atoms with Gasteiger partial charge in [0.2, 0.25) is 0 Å². The van der Waals surface area contributed by atoms with Gasteiger partial charge in [0.15, 0.2) is 0 Å². The van der Waals surface area contributed by atoms with Crippen LogP contribution >= 0.6 is 18.5 Å². The van der Waals surface area contributed by atoms with Crippen molar-refractivity contribution in [2.24, 2.45) is 20.6 Å². The van der Waals surface area contributed by atoms with E-state index < -0.39 is 0 Å². The van der Waals surface area contributed by atoms with E-state index in [1.807, 2.05) is 125 Å². The molecule has 0 heterocycles. The summed E-state index contributed by atoms with van der Waals surface area (Å²) in [5, 5.41) is 14.2. The molecule has 0 saturated carbocycles. The Morgan fingerprint density at radius 2 is 0.521 bits per heavy atom. The van der Waals surface area contributed by atoms with Gasteiger partial charge < -0.3 is 19.4 Å². The van der Waals surface area contributed by atoms with Crippen LogP contribution in [-0.2, 0) is 19.4 Å². The van der Waals surface area contributed by atoms with Gasteiger partial charge in [-0.25, -0.2) is 0 Å². The summed E-state index contributed by atoms with van der Waals surface area (Å²) in [6.07, 6.45) is 4.56. The molecule has 0 amide bonds. The minimum Gasteiger partial charge on any atom is -0.399 e. The molecule has 0 bridgehead atoms. The van der Waals surface area contributed by atoms with Crippen molar-refractivity contribution in [3.63, 3.8) is 0 Å². The van der Waals surface area contributed by atoms with Gasteiger partial charge in [-0.3, -0.25) is 18.8 Å². The maximum Gasteiger partial charge on any atom is 0.106 e. The molecule has 2 unspecified atom stereocenters. The third kappa shape index (κ3) is 706. The highest BCUT2D eigenvalue weighted by Crippen LogP contribution is 1.72. The van der Waals surface area contributed by atoms with Crippen LogP contribution in [0, 0.1) is 23.7 Å². The molecular weight excluding hydrogens is 666 g/mol. The molecule has 0 fully saturated rings. The monoisotopic (exact) mass is 757 g/mol. The number of oxime groups is 4. The maximum absolute atomic E-state index is 4.56. The van der Waals surface area contributed by atoms with E-state index in [1.54, 1.807) is 6.92 Å². The SMILES string of the molecule is C.C.C.C#CP.CC.CC.CC.CC.CC.CC#CP.CON=C(C)C.CON=C(C)C.CON=C(C)C.CON=C(C)C.F.F.F.F. The molecule has 2 atom stereocenters. The van der Waals surface area contributed by atoms with Gasteiger partial charge in [0, 0.05) is 0 Å².